The molecule has 8 nitrogen and oxygen atoms in total. The first-order valence-corrected chi connectivity index (χ1v) is 9.50. The first-order valence-electron chi connectivity index (χ1n) is 8.52. The van der Waals surface area contributed by atoms with Crippen LogP contribution >= 0.6 is 11.8 Å². The average molecular weight is 394 g/mol. The Morgan fingerprint density at radius 1 is 1.11 bits per heavy atom. The lowest BCUT2D eigenvalue weighted by molar-refractivity contribution is 0.390. The van der Waals surface area contributed by atoms with Gasteiger partial charge < -0.3 is 15.1 Å². The van der Waals surface area contributed by atoms with Crippen LogP contribution in [0.3, 0.4) is 0 Å². The molecule has 2 heterocycles. The van der Waals surface area contributed by atoms with Gasteiger partial charge in [-0.3, -0.25) is 0 Å². The molecule has 0 amide bonds. The summed E-state index contributed by atoms with van der Waals surface area (Å²) in [5.41, 5.74) is 2.85. The quantitative estimate of drug-likeness (QED) is 0.392. The molecular weight excluding hydrogens is 376 g/mol. The van der Waals surface area contributed by atoms with Gasteiger partial charge in [-0.2, -0.15) is 4.98 Å². The van der Waals surface area contributed by atoms with E-state index >= 15 is 0 Å². The van der Waals surface area contributed by atoms with Gasteiger partial charge in [0.25, 0.3) is 0 Å². The fraction of sp³-hybridized carbons (Fsp3) is 0.158. The van der Waals surface area contributed by atoms with E-state index < -0.39 is 0 Å². The van der Waals surface area contributed by atoms with Crippen molar-refractivity contribution in [2.24, 2.45) is 0 Å². The van der Waals surface area contributed by atoms with E-state index in [9.17, 15) is 0 Å². The maximum atomic E-state index is 6.16. The zero-order valence-corrected chi connectivity index (χ0v) is 16.2. The summed E-state index contributed by atoms with van der Waals surface area (Å²) < 4.78 is 12.2. The zero-order valence-electron chi connectivity index (χ0n) is 15.4. The van der Waals surface area contributed by atoms with E-state index in [-0.39, 0.29) is 0 Å². The highest BCUT2D eigenvalue weighted by Crippen LogP contribution is 2.29. The molecule has 28 heavy (non-hydrogen) atoms. The number of nitrogen functional groups attached to an aromatic ring is 1. The van der Waals surface area contributed by atoms with Crippen molar-refractivity contribution in [3.05, 3.63) is 60.0 Å². The third-order valence-corrected chi connectivity index (χ3v) is 5.04. The van der Waals surface area contributed by atoms with E-state index in [0.29, 0.717) is 34.2 Å². The van der Waals surface area contributed by atoms with E-state index in [2.05, 4.69) is 20.3 Å². The molecule has 0 aliphatic rings. The number of ether oxygens (including phenoxy) is 1. The van der Waals surface area contributed by atoms with E-state index in [1.54, 1.807) is 7.11 Å². The second-order valence-corrected chi connectivity index (χ2v) is 6.99. The lowest BCUT2D eigenvalue weighted by Crippen LogP contribution is -2.11. The Bertz CT molecular complexity index is 1090. The molecule has 0 bridgehead atoms. The summed E-state index contributed by atoms with van der Waals surface area (Å²) in [7, 11) is 1.61. The molecule has 2 N–H and O–H groups in total. The first-order chi connectivity index (χ1) is 13.7. The van der Waals surface area contributed by atoms with Gasteiger partial charge >= 0.3 is 0 Å². The molecule has 4 rings (SSSR count). The van der Waals surface area contributed by atoms with Crippen molar-refractivity contribution in [2.45, 2.75) is 17.8 Å². The molecule has 0 fully saturated rings. The van der Waals surface area contributed by atoms with Gasteiger partial charge in [0.1, 0.15) is 5.75 Å². The molecule has 0 unspecified atom stereocenters. The number of thioether (sulfide) groups is 1. The van der Waals surface area contributed by atoms with Crippen LogP contribution in [0.15, 0.2) is 58.2 Å². The molecule has 0 aliphatic carbocycles. The van der Waals surface area contributed by atoms with Crippen LogP contribution in [-0.2, 0) is 5.75 Å². The Labute approximate surface area is 165 Å². The Balaban J connectivity index is 1.49. The van der Waals surface area contributed by atoms with Gasteiger partial charge in [-0.05, 0) is 19.1 Å². The molecule has 0 aliphatic heterocycles. The van der Waals surface area contributed by atoms with Gasteiger partial charge in [-0.1, -0.05) is 58.9 Å². The average Bonchev–Trinajstić information content (AvgIpc) is 3.34. The summed E-state index contributed by atoms with van der Waals surface area (Å²) in [6, 6.07) is 15.5. The highest BCUT2D eigenvalue weighted by atomic mass is 32.2. The van der Waals surface area contributed by atoms with E-state index in [1.807, 2.05) is 55.5 Å². The summed E-state index contributed by atoms with van der Waals surface area (Å²) in [4.78, 5) is 4.43. The molecule has 0 saturated heterocycles. The minimum Gasteiger partial charge on any atom is -0.496 e. The number of aryl methyl sites for hydroxylation is 1. The van der Waals surface area contributed by atoms with Crippen molar-refractivity contribution in [1.29, 1.82) is 0 Å². The maximum Gasteiger partial charge on any atom is 0.237 e. The predicted octanol–water partition coefficient (Wildman–Crippen LogP) is 3.32. The monoisotopic (exact) mass is 394 g/mol. The van der Waals surface area contributed by atoms with Crippen LogP contribution in [0.5, 0.6) is 5.75 Å². The minimum atomic E-state index is 0.422. The Morgan fingerprint density at radius 2 is 1.89 bits per heavy atom. The molecule has 0 atom stereocenters. The molecule has 0 saturated carbocycles. The van der Waals surface area contributed by atoms with E-state index in [4.69, 9.17) is 15.1 Å². The largest absolute Gasteiger partial charge is 0.496 e. The number of benzene rings is 2. The number of nitrogens with zero attached hydrogens (tertiary/aromatic N) is 5. The number of aromatic nitrogens is 5. The van der Waals surface area contributed by atoms with Crippen molar-refractivity contribution >= 4 is 11.8 Å². The van der Waals surface area contributed by atoms with Crippen molar-refractivity contribution in [3.8, 4) is 28.5 Å². The first kappa shape index (κ1) is 18.1. The fourth-order valence-electron chi connectivity index (χ4n) is 2.65. The van der Waals surface area contributed by atoms with Gasteiger partial charge in [0.05, 0.1) is 18.4 Å². The molecule has 2 aromatic heterocycles. The van der Waals surface area contributed by atoms with Crippen LogP contribution in [0.2, 0.25) is 0 Å². The second kappa shape index (κ2) is 7.73. The van der Waals surface area contributed by atoms with Crippen molar-refractivity contribution < 1.29 is 9.26 Å². The molecule has 0 radical (unpaired) electrons. The van der Waals surface area contributed by atoms with Crippen LogP contribution < -0.4 is 10.6 Å². The number of hydrogen-bond donors (Lipinski definition) is 1. The van der Waals surface area contributed by atoms with Crippen LogP contribution in [0.4, 0.5) is 0 Å². The SMILES string of the molecule is COc1ccccc1-c1noc(CSc2nnc(-c3ccc(C)cc3)n2N)n1. The topological polar surface area (TPSA) is 105 Å². The van der Waals surface area contributed by atoms with Gasteiger partial charge in [-0.15, -0.1) is 10.2 Å². The standard InChI is InChI=1S/C19H18N6O2S/c1-12-7-9-13(10-8-12)18-22-23-19(25(18)20)28-11-16-21-17(24-27-16)14-5-3-4-6-15(14)26-2/h3-10H,11,20H2,1-2H3. The van der Waals surface area contributed by atoms with Gasteiger partial charge in [0, 0.05) is 5.56 Å². The number of hydrogen-bond acceptors (Lipinski definition) is 8. The Hall–Kier alpha value is -3.33. The third-order valence-electron chi connectivity index (χ3n) is 4.12. The van der Waals surface area contributed by atoms with Crippen LogP contribution in [0, 0.1) is 6.92 Å². The van der Waals surface area contributed by atoms with Gasteiger partial charge in [-0.25, -0.2) is 4.68 Å². The second-order valence-electron chi connectivity index (χ2n) is 6.04. The molecule has 2 aromatic carbocycles. The normalized spacial score (nSPS) is 10.9. The van der Waals surface area contributed by atoms with Gasteiger partial charge in [0.15, 0.2) is 5.82 Å². The maximum absolute atomic E-state index is 6.16. The predicted molar refractivity (Wildman–Crippen MR) is 106 cm³/mol. The van der Waals surface area contributed by atoms with Crippen molar-refractivity contribution in [3.63, 3.8) is 0 Å². The summed E-state index contributed by atoms with van der Waals surface area (Å²) in [6.45, 7) is 2.03. The summed E-state index contributed by atoms with van der Waals surface area (Å²) in [5.74, 6) is 8.81. The molecular formula is C19H18N6O2S. The number of nitrogens with two attached hydrogens (primary N) is 1. The van der Waals surface area contributed by atoms with Crippen LogP contribution in [0.25, 0.3) is 22.8 Å². The van der Waals surface area contributed by atoms with Crippen molar-refractivity contribution in [1.82, 2.24) is 25.0 Å². The molecule has 9 heteroatoms. The van der Waals surface area contributed by atoms with Crippen molar-refractivity contribution in [2.75, 3.05) is 13.0 Å². The molecule has 142 valence electrons. The molecule has 4 aromatic rings. The molecule has 0 spiro atoms. The smallest absolute Gasteiger partial charge is 0.237 e. The van der Waals surface area contributed by atoms with Crippen LogP contribution in [0.1, 0.15) is 11.5 Å². The third kappa shape index (κ3) is 3.56. The highest BCUT2D eigenvalue weighted by Gasteiger charge is 2.16. The van der Waals surface area contributed by atoms with E-state index in [1.165, 1.54) is 22.0 Å². The Morgan fingerprint density at radius 3 is 2.68 bits per heavy atom. The summed E-state index contributed by atoms with van der Waals surface area (Å²) in [5, 5.41) is 13.0. The zero-order chi connectivity index (χ0) is 19.5. The minimum absolute atomic E-state index is 0.422. The fourth-order valence-corrected chi connectivity index (χ4v) is 3.35. The van der Waals surface area contributed by atoms with Gasteiger partial charge in [0.2, 0.25) is 16.9 Å². The summed E-state index contributed by atoms with van der Waals surface area (Å²) >= 11 is 1.37. The van der Waals surface area contributed by atoms with Crippen LogP contribution in [-0.4, -0.2) is 32.1 Å². The van der Waals surface area contributed by atoms with E-state index in [0.717, 1.165) is 11.1 Å². The number of methoxy groups -OCH3 is 1. The highest BCUT2D eigenvalue weighted by molar-refractivity contribution is 7.98. The Kier molecular flexibility index (Phi) is 4.98. The number of rotatable bonds is 6. The lowest BCUT2D eigenvalue weighted by Gasteiger charge is -2.03. The summed E-state index contributed by atoms with van der Waals surface area (Å²) in [6.07, 6.45) is 0. The lowest BCUT2D eigenvalue weighted by atomic mass is 10.1. The number of para-hydroxylation sites is 1.